The SMILES string of the molecule is c1ccc(-c2nc(-c3ccccc3)nc(-c3ccc4c(c3)oc3c(-n5c6ccccc6c6cc(-c7ccc8c(c7)c7ccccc7n8-c7ccccc7)ccc65)cccc34)n2)cc1.c1ccc(-c2nc(-c3ccccc3)nc(-c3ccc4oc5ccc(-n6c7ccccc7c7cc(-c8ccc9c(c8)c8ccccc8n9-c8ccccc8)ccc76)cc5c4c3)n2)cc1. The van der Waals surface area contributed by atoms with Gasteiger partial charge >= 0.3 is 0 Å². The molecule has 0 amide bonds. The number of rotatable bonds is 12. The topological polar surface area (TPSA) is 123 Å². The molecular formula is C114H70N10O2. The van der Waals surface area contributed by atoms with Gasteiger partial charge in [0, 0.05) is 115 Å². The molecule has 0 atom stereocenters. The molecule has 26 aromatic rings. The van der Waals surface area contributed by atoms with Crippen LogP contribution in [-0.2, 0) is 0 Å². The third-order valence-corrected chi connectivity index (χ3v) is 24.7. The van der Waals surface area contributed by atoms with Gasteiger partial charge in [0.15, 0.2) is 40.5 Å². The molecule has 0 spiro atoms. The van der Waals surface area contributed by atoms with Gasteiger partial charge in [-0.1, -0.05) is 273 Å². The minimum atomic E-state index is 0.588. The van der Waals surface area contributed by atoms with E-state index in [0.29, 0.717) is 34.9 Å². The quantitative estimate of drug-likeness (QED) is 0.118. The van der Waals surface area contributed by atoms with Crippen LogP contribution in [0.2, 0.25) is 0 Å². The van der Waals surface area contributed by atoms with Crippen molar-refractivity contribution >= 4 is 131 Å². The van der Waals surface area contributed by atoms with Crippen molar-refractivity contribution in [2.24, 2.45) is 0 Å². The number of fused-ring (bicyclic) bond motifs is 18. The summed E-state index contributed by atoms with van der Waals surface area (Å²) in [6, 6.07) is 149. The molecule has 126 heavy (non-hydrogen) atoms. The van der Waals surface area contributed by atoms with Crippen LogP contribution in [0.3, 0.4) is 0 Å². The van der Waals surface area contributed by atoms with Gasteiger partial charge in [-0.05, 0) is 174 Å². The second kappa shape index (κ2) is 29.3. The van der Waals surface area contributed by atoms with Crippen molar-refractivity contribution in [2.45, 2.75) is 0 Å². The predicted octanol–water partition coefficient (Wildman–Crippen LogP) is 29.3. The summed E-state index contributed by atoms with van der Waals surface area (Å²) in [5, 5.41) is 13.8. The summed E-state index contributed by atoms with van der Waals surface area (Å²) in [7, 11) is 0. The van der Waals surface area contributed by atoms with E-state index in [-0.39, 0.29) is 0 Å². The van der Waals surface area contributed by atoms with E-state index < -0.39 is 0 Å². The van der Waals surface area contributed by atoms with Gasteiger partial charge in [-0.3, -0.25) is 0 Å². The molecule has 0 aliphatic carbocycles. The van der Waals surface area contributed by atoms with Crippen LogP contribution in [0.4, 0.5) is 0 Å². The second-order valence-electron chi connectivity index (χ2n) is 32.0. The van der Waals surface area contributed by atoms with Gasteiger partial charge in [0.1, 0.15) is 16.7 Å². The maximum Gasteiger partial charge on any atom is 0.164 e. The van der Waals surface area contributed by atoms with E-state index in [9.17, 15) is 0 Å². The Kier molecular flexibility index (Phi) is 16.7. The zero-order chi connectivity index (χ0) is 82.9. The fraction of sp³-hybridized carbons (Fsp3) is 0. The number of aromatic nitrogens is 10. The van der Waals surface area contributed by atoms with Crippen molar-refractivity contribution < 1.29 is 8.83 Å². The van der Waals surface area contributed by atoms with Gasteiger partial charge in [0.05, 0.1) is 49.8 Å². The first-order valence-electron chi connectivity index (χ1n) is 42.4. The van der Waals surface area contributed by atoms with Crippen LogP contribution in [0.15, 0.2) is 433 Å². The van der Waals surface area contributed by atoms with Crippen molar-refractivity contribution in [3.8, 4) is 113 Å². The van der Waals surface area contributed by atoms with Gasteiger partial charge in [0.25, 0.3) is 0 Å². The van der Waals surface area contributed by atoms with Crippen molar-refractivity contribution in [1.82, 2.24) is 48.2 Å². The van der Waals surface area contributed by atoms with Crippen LogP contribution < -0.4 is 0 Å². The maximum atomic E-state index is 6.91. The molecule has 0 fully saturated rings. The zero-order valence-corrected chi connectivity index (χ0v) is 67.7. The zero-order valence-electron chi connectivity index (χ0n) is 67.7. The summed E-state index contributed by atoms with van der Waals surface area (Å²) in [5.74, 6) is 3.70. The first-order valence-corrected chi connectivity index (χ1v) is 42.4. The summed E-state index contributed by atoms with van der Waals surface area (Å²) in [6.45, 7) is 0. The third kappa shape index (κ3) is 12.0. The lowest BCUT2D eigenvalue weighted by molar-refractivity contribution is 0.666. The van der Waals surface area contributed by atoms with Crippen LogP contribution in [0, 0.1) is 0 Å². The first kappa shape index (κ1) is 71.7. The standard InChI is InChI=1S/2C57H35N5O/c1-4-15-36(16-5-1)55-58-56(37-17-6-2-7-18-37)60-57(59-55)40-27-30-44-45-23-14-26-52(54(45)63-53(44)35-40)62-49-25-13-11-22-43(49)47-34-39(29-32-51(47)62)38-28-31-50-46(33-38)42-21-10-12-24-48(42)61(50)41-19-8-3-9-20-41;1-4-14-36(15-5-1)55-58-56(37-16-6-2-7-17-37)60-57(59-55)40-26-30-53-47(34-40)48-35-42(27-31-54(48)63-53)62-50-23-13-11-21-44(50)46-33-39(25-29-52(46)62)38-24-28-51-45(32-38)43-20-10-12-22-49(43)61(51)41-18-8-3-9-19-41/h2*1-35H. The molecule has 12 nitrogen and oxygen atoms in total. The molecule has 0 radical (unpaired) electrons. The predicted molar refractivity (Wildman–Crippen MR) is 515 cm³/mol. The second-order valence-corrected chi connectivity index (χ2v) is 32.0. The molecule has 0 saturated carbocycles. The highest BCUT2D eigenvalue weighted by atomic mass is 16.3. The highest BCUT2D eigenvalue weighted by Gasteiger charge is 2.25. The molecule has 0 aliphatic rings. The largest absolute Gasteiger partial charge is 0.456 e. The minimum absolute atomic E-state index is 0.588. The highest BCUT2D eigenvalue weighted by Crippen LogP contribution is 2.45. The van der Waals surface area contributed by atoms with E-state index >= 15 is 0 Å². The van der Waals surface area contributed by atoms with Crippen molar-refractivity contribution in [3.63, 3.8) is 0 Å². The molecule has 0 aliphatic heterocycles. The first-order chi connectivity index (χ1) is 62.4. The molecule has 8 aromatic heterocycles. The van der Waals surface area contributed by atoms with Gasteiger partial charge in [-0.15, -0.1) is 0 Å². The fourth-order valence-corrected chi connectivity index (χ4v) is 18.9. The molecule has 18 aromatic carbocycles. The number of nitrogens with zero attached hydrogens (tertiary/aromatic N) is 10. The maximum absolute atomic E-state index is 6.91. The Hall–Kier alpha value is -17.2. The lowest BCUT2D eigenvalue weighted by Gasteiger charge is -2.10. The minimum Gasteiger partial charge on any atom is -0.456 e. The summed E-state index contributed by atoms with van der Waals surface area (Å²) >= 11 is 0. The van der Waals surface area contributed by atoms with Gasteiger partial charge in [-0.25, -0.2) is 29.9 Å². The van der Waals surface area contributed by atoms with E-state index in [4.69, 9.17) is 38.7 Å². The Balaban J connectivity index is 0.000000137. The van der Waals surface area contributed by atoms with Crippen LogP contribution in [-0.4, -0.2) is 48.2 Å². The van der Waals surface area contributed by atoms with Gasteiger partial charge < -0.3 is 27.1 Å². The number of para-hydroxylation sites is 7. The Morgan fingerprint density at radius 2 is 0.444 bits per heavy atom. The number of benzene rings is 18. The summed E-state index contributed by atoms with van der Waals surface area (Å²) < 4.78 is 22.8. The van der Waals surface area contributed by atoms with Crippen molar-refractivity contribution in [1.29, 1.82) is 0 Å². The normalized spacial score (nSPS) is 11.8. The number of furan rings is 2. The lowest BCUT2D eigenvalue weighted by Crippen LogP contribution is -2.00. The summed E-state index contributed by atoms with van der Waals surface area (Å²) in [6.07, 6.45) is 0. The number of hydrogen-bond acceptors (Lipinski definition) is 8. The van der Waals surface area contributed by atoms with E-state index in [1.165, 1.54) is 87.4 Å². The Bertz CT molecular complexity index is 8720. The van der Waals surface area contributed by atoms with Crippen molar-refractivity contribution in [2.75, 3.05) is 0 Å². The van der Waals surface area contributed by atoms with Crippen LogP contribution in [0.5, 0.6) is 0 Å². The number of hydrogen-bond donors (Lipinski definition) is 0. The smallest absolute Gasteiger partial charge is 0.164 e. The molecule has 0 unspecified atom stereocenters. The average molecular weight is 1610 g/mol. The van der Waals surface area contributed by atoms with Gasteiger partial charge in [0.2, 0.25) is 0 Å². The van der Waals surface area contributed by atoms with Crippen molar-refractivity contribution in [3.05, 3.63) is 425 Å². The molecule has 26 rings (SSSR count). The van der Waals surface area contributed by atoms with Crippen LogP contribution in [0.25, 0.3) is 244 Å². The molecule has 8 heterocycles. The molecule has 12 heteroatoms. The van der Waals surface area contributed by atoms with E-state index in [2.05, 4.69) is 309 Å². The Morgan fingerprint density at radius 3 is 0.857 bits per heavy atom. The Labute approximate surface area is 721 Å². The molecular weight excluding hydrogens is 1540 g/mol. The average Bonchev–Trinajstić information content (AvgIpc) is 1.58. The van der Waals surface area contributed by atoms with E-state index in [1.54, 1.807) is 0 Å². The Morgan fingerprint density at radius 1 is 0.151 bits per heavy atom. The summed E-state index contributed by atoms with van der Waals surface area (Å²) in [5.41, 5.74) is 27.1. The molecule has 588 valence electrons. The summed E-state index contributed by atoms with van der Waals surface area (Å²) in [4.78, 5) is 29.8. The van der Waals surface area contributed by atoms with E-state index in [0.717, 1.165) is 122 Å². The van der Waals surface area contributed by atoms with Crippen LogP contribution in [0.1, 0.15) is 0 Å². The van der Waals surface area contributed by atoms with Gasteiger partial charge in [-0.2, -0.15) is 0 Å². The molecule has 0 N–H and O–H groups in total. The molecule has 0 saturated heterocycles. The lowest BCUT2D eigenvalue weighted by atomic mass is 10.0. The van der Waals surface area contributed by atoms with E-state index in [1.807, 2.05) is 133 Å². The third-order valence-electron chi connectivity index (χ3n) is 24.7. The fourth-order valence-electron chi connectivity index (χ4n) is 18.9. The highest BCUT2D eigenvalue weighted by molar-refractivity contribution is 6.17. The monoisotopic (exact) mass is 1610 g/mol. The van der Waals surface area contributed by atoms with Crippen LogP contribution >= 0.6 is 0 Å². The molecule has 0 bridgehead atoms.